The molecular formula is C20H23ClN4O2S. The van der Waals surface area contributed by atoms with E-state index in [-0.39, 0.29) is 6.10 Å². The molecule has 1 aliphatic heterocycles. The Morgan fingerprint density at radius 3 is 3.14 bits per heavy atom. The Kier molecular flexibility index (Phi) is 6.26. The number of morpholine rings is 1. The summed E-state index contributed by atoms with van der Waals surface area (Å²) in [6.45, 7) is 5.99. The molecule has 1 atom stereocenters. The fraction of sp³-hybridized carbons (Fsp3) is 0.400. The lowest BCUT2D eigenvalue weighted by Crippen LogP contribution is -2.37. The average molecular weight is 419 g/mol. The average Bonchev–Trinajstić information content (AvgIpc) is 3.31. The van der Waals surface area contributed by atoms with Crippen molar-refractivity contribution in [3.8, 4) is 5.75 Å². The maximum Gasteiger partial charge on any atom is 0.120 e. The van der Waals surface area contributed by atoms with Gasteiger partial charge in [-0.15, -0.1) is 11.3 Å². The SMILES string of the molecule is Cc1ncc(CN2CCO[C@H](c3cc(CCOc4cccc(Cl)c4)[nH]n3)C2)s1. The van der Waals surface area contributed by atoms with E-state index in [1.54, 1.807) is 11.3 Å². The molecule has 0 unspecified atom stereocenters. The molecule has 3 aromatic rings. The zero-order valence-electron chi connectivity index (χ0n) is 15.7. The van der Waals surface area contributed by atoms with Crippen molar-refractivity contribution in [2.45, 2.75) is 26.0 Å². The molecule has 0 amide bonds. The third-order valence-corrected chi connectivity index (χ3v) is 5.75. The van der Waals surface area contributed by atoms with Crippen LogP contribution in [0.25, 0.3) is 0 Å². The molecule has 1 aromatic carbocycles. The Bertz CT molecular complexity index is 913. The standard InChI is InChI=1S/C20H23ClN4O2S/c1-14-22-11-18(28-14)12-25-6-8-27-20(13-25)19-10-16(23-24-19)5-7-26-17-4-2-3-15(21)9-17/h2-4,9-11,20H,5-8,12-13H2,1H3,(H,23,24)/t20-/m0/s1. The van der Waals surface area contributed by atoms with Gasteiger partial charge in [-0.2, -0.15) is 5.10 Å². The monoisotopic (exact) mass is 418 g/mol. The molecule has 0 spiro atoms. The van der Waals surface area contributed by atoms with Crippen LogP contribution in [-0.2, 0) is 17.7 Å². The van der Waals surface area contributed by atoms with Crippen molar-refractivity contribution in [1.82, 2.24) is 20.1 Å². The fourth-order valence-electron chi connectivity index (χ4n) is 3.23. The molecule has 0 bridgehead atoms. The first kappa shape index (κ1) is 19.4. The maximum atomic E-state index is 5.98. The van der Waals surface area contributed by atoms with Crippen LogP contribution in [-0.4, -0.2) is 46.4 Å². The lowest BCUT2D eigenvalue weighted by Gasteiger charge is -2.31. The molecule has 1 N–H and O–H groups in total. The van der Waals surface area contributed by atoms with Crippen molar-refractivity contribution in [2.24, 2.45) is 0 Å². The van der Waals surface area contributed by atoms with E-state index in [1.807, 2.05) is 37.4 Å². The highest BCUT2D eigenvalue weighted by Gasteiger charge is 2.24. The number of aryl methyl sites for hydroxylation is 1. The quantitative estimate of drug-likeness (QED) is 0.627. The number of nitrogens with zero attached hydrogens (tertiary/aromatic N) is 3. The minimum atomic E-state index is -0.0124. The smallest absolute Gasteiger partial charge is 0.120 e. The number of nitrogens with one attached hydrogen (secondary N) is 1. The summed E-state index contributed by atoms with van der Waals surface area (Å²) in [6.07, 6.45) is 2.70. The molecule has 1 saturated heterocycles. The van der Waals surface area contributed by atoms with Crippen LogP contribution >= 0.6 is 22.9 Å². The van der Waals surface area contributed by atoms with Gasteiger partial charge in [-0.3, -0.25) is 10.00 Å². The largest absolute Gasteiger partial charge is 0.493 e. The molecule has 2 aromatic heterocycles. The van der Waals surface area contributed by atoms with Gasteiger partial charge < -0.3 is 9.47 Å². The summed E-state index contributed by atoms with van der Waals surface area (Å²) in [5.74, 6) is 0.775. The summed E-state index contributed by atoms with van der Waals surface area (Å²) in [4.78, 5) is 8.03. The Hall–Kier alpha value is -1.93. The first-order chi connectivity index (χ1) is 13.7. The minimum Gasteiger partial charge on any atom is -0.493 e. The first-order valence-electron chi connectivity index (χ1n) is 9.33. The van der Waals surface area contributed by atoms with E-state index in [1.165, 1.54) is 4.88 Å². The van der Waals surface area contributed by atoms with Gasteiger partial charge in [0.15, 0.2) is 0 Å². The molecule has 1 aliphatic rings. The number of aromatic nitrogens is 3. The van der Waals surface area contributed by atoms with Gasteiger partial charge in [-0.1, -0.05) is 17.7 Å². The molecule has 28 heavy (non-hydrogen) atoms. The van der Waals surface area contributed by atoms with Crippen molar-refractivity contribution in [3.05, 3.63) is 62.8 Å². The van der Waals surface area contributed by atoms with E-state index in [0.29, 0.717) is 18.2 Å². The summed E-state index contributed by atoms with van der Waals surface area (Å²) < 4.78 is 11.7. The third kappa shape index (κ3) is 5.11. The number of thiazole rings is 1. The Labute approximate surface area is 173 Å². The fourth-order valence-corrected chi connectivity index (χ4v) is 4.25. The number of hydrogen-bond donors (Lipinski definition) is 1. The Morgan fingerprint density at radius 2 is 2.32 bits per heavy atom. The van der Waals surface area contributed by atoms with Crippen molar-refractivity contribution < 1.29 is 9.47 Å². The zero-order valence-corrected chi connectivity index (χ0v) is 17.3. The van der Waals surface area contributed by atoms with E-state index in [9.17, 15) is 0 Å². The molecule has 0 aliphatic carbocycles. The highest BCUT2D eigenvalue weighted by molar-refractivity contribution is 7.11. The van der Waals surface area contributed by atoms with Crippen molar-refractivity contribution in [3.63, 3.8) is 0 Å². The number of halogens is 1. The van der Waals surface area contributed by atoms with E-state index in [0.717, 1.165) is 48.2 Å². The van der Waals surface area contributed by atoms with Crippen LogP contribution in [0.4, 0.5) is 0 Å². The number of hydrogen-bond acceptors (Lipinski definition) is 6. The maximum absolute atomic E-state index is 5.98. The second-order valence-electron chi connectivity index (χ2n) is 6.81. The topological polar surface area (TPSA) is 63.3 Å². The lowest BCUT2D eigenvalue weighted by molar-refractivity contribution is -0.0347. The summed E-state index contributed by atoms with van der Waals surface area (Å²) in [6, 6.07) is 9.51. The number of ether oxygens (including phenoxy) is 2. The van der Waals surface area contributed by atoms with Crippen LogP contribution in [0, 0.1) is 6.92 Å². The molecule has 1 fully saturated rings. The second kappa shape index (κ2) is 9.05. The van der Waals surface area contributed by atoms with Gasteiger partial charge in [0.1, 0.15) is 11.9 Å². The van der Waals surface area contributed by atoms with Crippen LogP contribution in [0.2, 0.25) is 5.02 Å². The van der Waals surface area contributed by atoms with Crippen LogP contribution in [0.15, 0.2) is 36.5 Å². The first-order valence-corrected chi connectivity index (χ1v) is 10.5. The molecule has 0 saturated carbocycles. The molecule has 6 nitrogen and oxygen atoms in total. The summed E-state index contributed by atoms with van der Waals surface area (Å²) >= 11 is 7.73. The van der Waals surface area contributed by atoms with Crippen LogP contribution in [0.3, 0.4) is 0 Å². The van der Waals surface area contributed by atoms with E-state index in [4.69, 9.17) is 21.1 Å². The predicted octanol–water partition coefficient (Wildman–Crippen LogP) is 4.02. The van der Waals surface area contributed by atoms with Crippen molar-refractivity contribution in [1.29, 1.82) is 0 Å². The molecule has 4 rings (SSSR count). The van der Waals surface area contributed by atoms with E-state index >= 15 is 0 Å². The van der Waals surface area contributed by atoms with Crippen LogP contribution < -0.4 is 4.74 Å². The van der Waals surface area contributed by atoms with Crippen LogP contribution in [0.5, 0.6) is 5.75 Å². The normalized spacial score (nSPS) is 17.7. The van der Waals surface area contributed by atoms with E-state index in [2.05, 4.69) is 26.1 Å². The van der Waals surface area contributed by atoms with Gasteiger partial charge in [0.2, 0.25) is 0 Å². The highest BCUT2D eigenvalue weighted by Crippen LogP contribution is 2.24. The van der Waals surface area contributed by atoms with Crippen molar-refractivity contribution in [2.75, 3.05) is 26.3 Å². The summed E-state index contributed by atoms with van der Waals surface area (Å²) in [5.41, 5.74) is 1.98. The van der Waals surface area contributed by atoms with E-state index < -0.39 is 0 Å². The lowest BCUT2D eigenvalue weighted by atomic mass is 10.2. The zero-order chi connectivity index (χ0) is 19.3. The van der Waals surface area contributed by atoms with Gasteiger partial charge in [0, 0.05) is 47.8 Å². The number of rotatable bonds is 7. The minimum absolute atomic E-state index is 0.0124. The van der Waals surface area contributed by atoms with Crippen molar-refractivity contribution >= 4 is 22.9 Å². The molecule has 8 heteroatoms. The number of aromatic amines is 1. The van der Waals surface area contributed by atoms with Gasteiger partial charge in [-0.05, 0) is 31.2 Å². The van der Waals surface area contributed by atoms with Gasteiger partial charge in [0.05, 0.1) is 23.9 Å². The Morgan fingerprint density at radius 1 is 1.39 bits per heavy atom. The molecule has 148 valence electrons. The van der Waals surface area contributed by atoms with Crippen LogP contribution in [0.1, 0.15) is 27.4 Å². The molecule has 3 heterocycles. The van der Waals surface area contributed by atoms with Gasteiger partial charge in [-0.25, -0.2) is 4.98 Å². The number of H-pyrrole nitrogens is 1. The van der Waals surface area contributed by atoms with Gasteiger partial charge in [0.25, 0.3) is 0 Å². The summed E-state index contributed by atoms with van der Waals surface area (Å²) in [7, 11) is 0. The van der Waals surface area contributed by atoms with Gasteiger partial charge >= 0.3 is 0 Å². The Balaban J connectivity index is 1.29. The summed E-state index contributed by atoms with van der Waals surface area (Å²) in [5, 5.41) is 9.35. The highest BCUT2D eigenvalue weighted by atomic mass is 35.5. The molecule has 0 radical (unpaired) electrons. The second-order valence-corrected chi connectivity index (χ2v) is 8.57. The number of benzene rings is 1. The molecular weight excluding hydrogens is 396 g/mol. The predicted molar refractivity (Wildman–Crippen MR) is 110 cm³/mol. The third-order valence-electron chi connectivity index (χ3n) is 4.62.